The lowest BCUT2D eigenvalue weighted by Gasteiger charge is -2.26. The van der Waals surface area contributed by atoms with Gasteiger partial charge >= 0.3 is 12.1 Å². The number of amides is 2. The van der Waals surface area contributed by atoms with E-state index in [0.29, 0.717) is 5.56 Å². The third kappa shape index (κ3) is 4.78. The van der Waals surface area contributed by atoms with Crippen molar-refractivity contribution >= 4 is 18.0 Å². The number of hydrogen-bond acceptors (Lipinski definition) is 4. The number of hydrogen-bond donors (Lipinski definition) is 2. The molecule has 0 bridgehead atoms. The molecule has 0 spiro atoms. The summed E-state index contributed by atoms with van der Waals surface area (Å²) in [6, 6.07) is 23.7. The lowest BCUT2D eigenvalue weighted by molar-refractivity contribution is -0.145. The summed E-state index contributed by atoms with van der Waals surface area (Å²) < 4.78 is 5.60. The van der Waals surface area contributed by atoms with Crippen LogP contribution in [0.3, 0.4) is 0 Å². The summed E-state index contributed by atoms with van der Waals surface area (Å²) in [5.41, 5.74) is 4.97. The molecular formula is C27H26N2O5. The predicted molar refractivity (Wildman–Crippen MR) is 127 cm³/mol. The normalized spacial score (nSPS) is 12.9. The lowest BCUT2D eigenvalue weighted by Crippen LogP contribution is -2.45. The molecule has 1 aliphatic rings. The first-order valence-corrected chi connectivity index (χ1v) is 11.2. The van der Waals surface area contributed by atoms with Crippen LogP contribution in [0.4, 0.5) is 4.79 Å². The summed E-state index contributed by atoms with van der Waals surface area (Å²) in [5, 5.41) is 11.8. The Kier molecular flexibility index (Phi) is 6.92. The largest absolute Gasteiger partial charge is 0.480 e. The van der Waals surface area contributed by atoms with Crippen LogP contribution in [0.1, 0.15) is 35.6 Å². The Balaban J connectivity index is 1.51. The maximum Gasteiger partial charge on any atom is 0.408 e. The lowest BCUT2D eigenvalue weighted by atomic mass is 9.98. The maximum atomic E-state index is 13.1. The number of nitrogens with zero attached hydrogens (tertiary/aromatic N) is 1. The van der Waals surface area contributed by atoms with Crippen LogP contribution < -0.4 is 5.32 Å². The molecule has 0 aliphatic heterocycles. The second-order valence-corrected chi connectivity index (χ2v) is 8.06. The highest BCUT2D eigenvalue weighted by atomic mass is 16.5. The third-order valence-electron chi connectivity index (χ3n) is 6.01. The van der Waals surface area contributed by atoms with Gasteiger partial charge in [0.2, 0.25) is 5.91 Å². The van der Waals surface area contributed by atoms with Gasteiger partial charge in [-0.25, -0.2) is 4.79 Å². The number of ether oxygens (including phenoxy) is 1. The number of rotatable bonds is 8. The van der Waals surface area contributed by atoms with E-state index in [-0.39, 0.29) is 19.1 Å². The smallest absolute Gasteiger partial charge is 0.408 e. The predicted octanol–water partition coefficient (Wildman–Crippen LogP) is 4.20. The van der Waals surface area contributed by atoms with E-state index < -0.39 is 30.6 Å². The Morgan fingerprint density at radius 1 is 0.912 bits per heavy atom. The van der Waals surface area contributed by atoms with E-state index in [1.165, 1.54) is 4.90 Å². The number of fused-ring (bicyclic) bond motifs is 3. The molecule has 1 aliphatic carbocycles. The summed E-state index contributed by atoms with van der Waals surface area (Å²) in [6.07, 6.45) is -0.740. The minimum Gasteiger partial charge on any atom is -0.480 e. The first-order valence-electron chi connectivity index (χ1n) is 11.2. The molecular weight excluding hydrogens is 432 g/mol. The molecule has 0 saturated heterocycles. The molecule has 0 saturated carbocycles. The van der Waals surface area contributed by atoms with Crippen LogP contribution in [0.2, 0.25) is 0 Å². The summed E-state index contributed by atoms with van der Waals surface area (Å²) in [4.78, 5) is 38.3. The highest BCUT2D eigenvalue weighted by molar-refractivity contribution is 5.89. The van der Waals surface area contributed by atoms with Gasteiger partial charge in [-0.05, 0) is 34.7 Å². The molecule has 3 aromatic carbocycles. The quantitative estimate of drug-likeness (QED) is 0.528. The molecule has 2 amide bonds. The third-order valence-corrected chi connectivity index (χ3v) is 6.01. The number of carboxylic acids is 1. The Hall–Kier alpha value is -4.13. The van der Waals surface area contributed by atoms with E-state index in [4.69, 9.17) is 9.84 Å². The number of nitrogens with one attached hydrogen (secondary N) is 1. The number of benzene rings is 3. The molecule has 7 nitrogen and oxygen atoms in total. The van der Waals surface area contributed by atoms with E-state index in [2.05, 4.69) is 17.4 Å². The highest BCUT2D eigenvalue weighted by Gasteiger charge is 2.31. The van der Waals surface area contributed by atoms with Crippen LogP contribution in [0.5, 0.6) is 0 Å². The van der Waals surface area contributed by atoms with Crippen molar-refractivity contribution in [2.24, 2.45) is 0 Å². The van der Waals surface area contributed by atoms with Crippen LogP contribution in [-0.4, -0.2) is 47.7 Å². The Bertz CT molecular complexity index is 1150. The van der Waals surface area contributed by atoms with Gasteiger partial charge in [-0.1, -0.05) is 78.9 Å². The second-order valence-electron chi connectivity index (χ2n) is 8.06. The molecule has 34 heavy (non-hydrogen) atoms. The first-order chi connectivity index (χ1) is 16.5. The number of carbonyl (C=O) groups is 3. The fraction of sp³-hybridized carbons (Fsp3) is 0.222. The molecule has 1 atom stereocenters. The second kappa shape index (κ2) is 10.2. The average Bonchev–Trinajstić information content (AvgIpc) is 3.18. The van der Waals surface area contributed by atoms with Gasteiger partial charge < -0.3 is 20.1 Å². The highest BCUT2D eigenvalue weighted by Crippen LogP contribution is 2.44. The minimum atomic E-state index is -1.12. The number of alkyl carbamates (subject to hydrolysis) is 1. The first kappa shape index (κ1) is 23.0. The monoisotopic (exact) mass is 458 g/mol. The molecule has 0 heterocycles. The van der Waals surface area contributed by atoms with Gasteiger partial charge in [0.05, 0.1) is 0 Å². The SMILES string of the molecule is CCN(CC(=O)O)C(=O)[C@@H](NC(=O)OCC1c2ccccc2-c2ccccc21)c1ccccc1. The summed E-state index contributed by atoms with van der Waals surface area (Å²) in [7, 11) is 0. The van der Waals surface area contributed by atoms with Crippen molar-refractivity contribution in [2.45, 2.75) is 18.9 Å². The Labute approximate surface area is 198 Å². The Morgan fingerprint density at radius 3 is 2.03 bits per heavy atom. The van der Waals surface area contributed by atoms with Gasteiger partial charge in [0.1, 0.15) is 19.2 Å². The summed E-state index contributed by atoms with van der Waals surface area (Å²) in [5.74, 6) is -1.74. The average molecular weight is 459 g/mol. The van der Waals surface area contributed by atoms with Gasteiger partial charge in [0.15, 0.2) is 0 Å². The van der Waals surface area contributed by atoms with Crippen molar-refractivity contribution in [3.05, 3.63) is 95.6 Å². The Morgan fingerprint density at radius 2 is 1.47 bits per heavy atom. The van der Waals surface area contributed by atoms with Crippen LogP contribution in [0, 0.1) is 0 Å². The van der Waals surface area contributed by atoms with Crippen molar-refractivity contribution in [3.8, 4) is 11.1 Å². The molecule has 3 aromatic rings. The van der Waals surface area contributed by atoms with E-state index in [0.717, 1.165) is 22.3 Å². The summed E-state index contributed by atoms with van der Waals surface area (Å²) in [6.45, 7) is 1.55. The van der Waals surface area contributed by atoms with E-state index in [1.54, 1.807) is 37.3 Å². The van der Waals surface area contributed by atoms with Crippen molar-refractivity contribution in [1.29, 1.82) is 0 Å². The molecule has 0 radical (unpaired) electrons. The van der Waals surface area contributed by atoms with Crippen LogP contribution in [0.25, 0.3) is 11.1 Å². The van der Waals surface area contributed by atoms with Crippen LogP contribution >= 0.6 is 0 Å². The molecule has 7 heteroatoms. The fourth-order valence-electron chi connectivity index (χ4n) is 4.38. The molecule has 0 aromatic heterocycles. The van der Waals surface area contributed by atoms with Gasteiger partial charge in [-0.3, -0.25) is 9.59 Å². The molecule has 2 N–H and O–H groups in total. The topological polar surface area (TPSA) is 95.9 Å². The standard InChI is InChI=1S/C27H26N2O5/c1-2-29(16-24(30)31)26(32)25(18-10-4-3-5-11-18)28-27(33)34-17-23-21-14-8-6-12-19(21)20-13-7-9-15-22(20)23/h3-15,23,25H,2,16-17H2,1H3,(H,28,33)(H,30,31)/t25-/m0/s1. The van der Waals surface area contributed by atoms with Crippen LogP contribution in [0.15, 0.2) is 78.9 Å². The van der Waals surface area contributed by atoms with Crippen molar-refractivity contribution in [1.82, 2.24) is 10.2 Å². The number of aliphatic carboxylic acids is 1. The molecule has 0 unspecified atom stereocenters. The van der Waals surface area contributed by atoms with Gasteiger partial charge in [-0.2, -0.15) is 0 Å². The van der Waals surface area contributed by atoms with Gasteiger partial charge in [-0.15, -0.1) is 0 Å². The zero-order valence-corrected chi connectivity index (χ0v) is 18.8. The zero-order chi connectivity index (χ0) is 24.1. The molecule has 0 fully saturated rings. The van der Waals surface area contributed by atoms with E-state index in [1.807, 2.05) is 36.4 Å². The maximum absolute atomic E-state index is 13.1. The number of likely N-dealkylation sites (N-methyl/N-ethyl adjacent to an activating group) is 1. The number of carbonyl (C=O) groups excluding carboxylic acids is 2. The van der Waals surface area contributed by atoms with Crippen molar-refractivity contribution in [3.63, 3.8) is 0 Å². The van der Waals surface area contributed by atoms with Crippen molar-refractivity contribution in [2.75, 3.05) is 19.7 Å². The summed E-state index contributed by atoms with van der Waals surface area (Å²) >= 11 is 0. The number of carboxylic acid groups (broad SMARTS) is 1. The fourth-order valence-corrected chi connectivity index (χ4v) is 4.38. The van der Waals surface area contributed by atoms with Gasteiger partial charge in [0, 0.05) is 12.5 Å². The molecule has 4 rings (SSSR count). The van der Waals surface area contributed by atoms with Gasteiger partial charge in [0.25, 0.3) is 0 Å². The van der Waals surface area contributed by atoms with Crippen LogP contribution in [-0.2, 0) is 14.3 Å². The zero-order valence-electron chi connectivity index (χ0n) is 18.8. The van der Waals surface area contributed by atoms with E-state index in [9.17, 15) is 14.4 Å². The van der Waals surface area contributed by atoms with E-state index >= 15 is 0 Å². The molecule has 174 valence electrons. The minimum absolute atomic E-state index is 0.108. The van der Waals surface area contributed by atoms with Crippen molar-refractivity contribution < 1.29 is 24.2 Å².